The van der Waals surface area contributed by atoms with Crippen LogP contribution in [0.2, 0.25) is 5.02 Å². The second kappa shape index (κ2) is 8.89. The SMILES string of the molecule is C=CCOc1c(Br)cc(/C=C2\N=C(c3cc(I)ccc3Cl)OC2=O)cc1Br. The fraction of sp³-hybridized carbons (Fsp3) is 0.0526. The average molecular weight is 623 g/mol. The van der Waals surface area contributed by atoms with Gasteiger partial charge in [-0.2, -0.15) is 0 Å². The molecule has 0 unspecified atom stereocenters. The van der Waals surface area contributed by atoms with Gasteiger partial charge >= 0.3 is 5.97 Å². The molecule has 0 saturated heterocycles. The number of nitrogens with zero attached hydrogens (tertiary/aromatic N) is 1. The van der Waals surface area contributed by atoms with Crippen molar-refractivity contribution in [2.75, 3.05) is 6.61 Å². The summed E-state index contributed by atoms with van der Waals surface area (Å²) in [6, 6.07) is 9.08. The van der Waals surface area contributed by atoms with Gasteiger partial charge in [-0.05, 0) is 96.4 Å². The fourth-order valence-corrected chi connectivity index (χ4v) is 4.43. The van der Waals surface area contributed by atoms with Gasteiger partial charge in [0, 0.05) is 3.57 Å². The van der Waals surface area contributed by atoms with Crippen LogP contribution in [-0.4, -0.2) is 18.5 Å². The topological polar surface area (TPSA) is 47.9 Å². The highest BCUT2D eigenvalue weighted by atomic mass is 127. The molecule has 4 nitrogen and oxygen atoms in total. The number of esters is 1. The van der Waals surface area contributed by atoms with Gasteiger partial charge in [0.25, 0.3) is 0 Å². The Bertz CT molecular complexity index is 981. The van der Waals surface area contributed by atoms with E-state index in [0.717, 1.165) is 18.1 Å². The molecular weight excluding hydrogens is 612 g/mol. The van der Waals surface area contributed by atoms with E-state index < -0.39 is 5.97 Å². The minimum atomic E-state index is -0.529. The summed E-state index contributed by atoms with van der Waals surface area (Å²) in [5, 5.41) is 0.470. The number of aliphatic imine (C=N–C) groups is 1. The van der Waals surface area contributed by atoms with E-state index in [0.29, 0.717) is 22.9 Å². The van der Waals surface area contributed by atoms with Crippen molar-refractivity contribution in [3.63, 3.8) is 0 Å². The standard InChI is InChI=1S/C19H11Br2ClINO3/c1-2-5-26-17-13(20)6-10(7-14(17)21)8-16-19(25)27-18(24-16)12-9-11(23)3-4-15(12)22/h2-4,6-9H,1,5H2/b16-8-. The largest absolute Gasteiger partial charge is 0.487 e. The molecule has 8 heteroatoms. The number of rotatable bonds is 5. The lowest BCUT2D eigenvalue weighted by Crippen LogP contribution is -2.06. The number of carbonyl (C=O) groups is 1. The molecular formula is C19H11Br2ClINO3. The predicted octanol–water partition coefficient (Wildman–Crippen LogP) is 6.38. The summed E-state index contributed by atoms with van der Waals surface area (Å²) in [4.78, 5) is 16.5. The number of ether oxygens (including phenoxy) is 2. The summed E-state index contributed by atoms with van der Waals surface area (Å²) in [5.41, 5.74) is 1.53. The molecule has 0 amide bonds. The monoisotopic (exact) mass is 621 g/mol. The van der Waals surface area contributed by atoms with Gasteiger partial charge in [0.1, 0.15) is 12.4 Å². The van der Waals surface area contributed by atoms with Crippen molar-refractivity contribution < 1.29 is 14.3 Å². The molecule has 2 aromatic carbocycles. The lowest BCUT2D eigenvalue weighted by atomic mass is 10.2. The number of benzene rings is 2. The number of carbonyl (C=O) groups excluding carboxylic acids is 1. The number of cyclic esters (lactones) is 1. The number of halogens is 4. The smallest absolute Gasteiger partial charge is 0.363 e. The van der Waals surface area contributed by atoms with E-state index >= 15 is 0 Å². The molecule has 0 aromatic heterocycles. The van der Waals surface area contributed by atoms with Crippen LogP contribution in [0.25, 0.3) is 6.08 Å². The van der Waals surface area contributed by atoms with Crippen LogP contribution in [0.4, 0.5) is 0 Å². The molecule has 0 fully saturated rings. The van der Waals surface area contributed by atoms with Crippen molar-refractivity contribution in [2.24, 2.45) is 4.99 Å². The molecule has 0 aliphatic carbocycles. The van der Waals surface area contributed by atoms with Gasteiger partial charge in [0.05, 0.1) is 19.5 Å². The minimum absolute atomic E-state index is 0.193. The van der Waals surface area contributed by atoms with Gasteiger partial charge in [-0.1, -0.05) is 24.3 Å². The zero-order valence-corrected chi connectivity index (χ0v) is 19.7. The van der Waals surface area contributed by atoms with Gasteiger partial charge in [-0.25, -0.2) is 9.79 Å². The summed E-state index contributed by atoms with van der Waals surface area (Å²) in [7, 11) is 0. The Kier molecular flexibility index (Phi) is 6.78. The van der Waals surface area contributed by atoms with Crippen LogP contribution in [0.15, 0.2) is 62.6 Å². The van der Waals surface area contributed by atoms with E-state index in [1.165, 1.54) is 0 Å². The molecule has 3 rings (SSSR count). The Morgan fingerprint density at radius 2 is 1.96 bits per heavy atom. The Balaban J connectivity index is 1.95. The van der Waals surface area contributed by atoms with Crippen molar-refractivity contribution in [3.8, 4) is 5.75 Å². The predicted molar refractivity (Wildman–Crippen MR) is 122 cm³/mol. The first kappa shape index (κ1) is 20.6. The van der Waals surface area contributed by atoms with Gasteiger partial charge in [0.2, 0.25) is 5.90 Å². The summed E-state index contributed by atoms with van der Waals surface area (Å²) in [6.07, 6.45) is 3.30. The summed E-state index contributed by atoms with van der Waals surface area (Å²) < 4.78 is 13.3. The molecule has 27 heavy (non-hydrogen) atoms. The summed E-state index contributed by atoms with van der Waals surface area (Å²) in [6.45, 7) is 4.02. The third-order valence-electron chi connectivity index (χ3n) is 3.45. The van der Waals surface area contributed by atoms with Gasteiger partial charge in [-0.3, -0.25) is 0 Å². The van der Waals surface area contributed by atoms with E-state index in [1.54, 1.807) is 18.2 Å². The second-order valence-electron chi connectivity index (χ2n) is 5.37. The van der Waals surface area contributed by atoms with E-state index in [1.807, 2.05) is 24.3 Å². The second-order valence-corrected chi connectivity index (χ2v) is 8.74. The van der Waals surface area contributed by atoms with E-state index in [2.05, 4.69) is 66.0 Å². The molecule has 0 bridgehead atoms. The molecule has 0 radical (unpaired) electrons. The first-order chi connectivity index (χ1) is 12.9. The van der Waals surface area contributed by atoms with Crippen molar-refractivity contribution in [1.82, 2.24) is 0 Å². The maximum Gasteiger partial charge on any atom is 0.363 e. The Morgan fingerprint density at radius 1 is 1.26 bits per heavy atom. The highest BCUT2D eigenvalue weighted by Crippen LogP contribution is 2.36. The molecule has 1 aliphatic heterocycles. The Morgan fingerprint density at radius 3 is 2.63 bits per heavy atom. The van der Waals surface area contributed by atoms with E-state index in [-0.39, 0.29) is 11.6 Å². The van der Waals surface area contributed by atoms with Crippen LogP contribution in [0.1, 0.15) is 11.1 Å². The molecule has 1 heterocycles. The quantitative estimate of drug-likeness (QED) is 0.168. The lowest BCUT2D eigenvalue weighted by Gasteiger charge is -2.09. The summed E-state index contributed by atoms with van der Waals surface area (Å²) in [5.74, 6) is 0.318. The highest BCUT2D eigenvalue weighted by molar-refractivity contribution is 14.1. The average Bonchev–Trinajstić information content (AvgIpc) is 2.97. The Labute approximate surface area is 191 Å². The van der Waals surface area contributed by atoms with E-state index in [4.69, 9.17) is 21.1 Å². The normalized spacial score (nSPS) is 14.9. The van der Waals surface area contributed by atoms with Crippen molar-refractivity contribution in [3.05, 3.63) is 77.3 Å². The van der Waals surface area contributed by atoms with Crippen molar-refractivity contribution in [1.29, 1.82) is 0 Å². The third-order valence-corrected chi connectivity index (χ3v) is 5.63. The zero-order valence-electron chi connectivity index (χ0n) is 13.6. The maximum absolute atomic E-state index is 12.2. The summed E-state index contributed by atoms with van der Waals surface area (Å²) >= 11 is 15.3. The first-order valence-corrected chi connectivity index (χ1v) is 10.6. The van der Waals surface area contributed by atoms with Crippen LogP contribution in [0.5, 0.6) is 5.75 Å². The minimum Gasteiger partial charge on any atom is -0.487 e. The van der Waals surface area contributed by atoms with Crippen LogP contribution in [0.3, 0.4) is 0 Å². The molecule has 0 spiro atoms. The van der Waals surface area contributed by atoms with Gasteiger partial charge in [-0.15, -0.1) is 0 Å². The zero-order chi connectivity index (χ0) is 19.6. The molecule has 138 valence electrons. The van der Waals surface area contributed by atoms with Crippen LogP contribution in [-0.2, 0) is 9.53 Å². The van der Waals surface area contributed by atoms with E-state index in [9.17, 15) is 4.79 Å². The first-order valence-electron chi connectivity index (χ1n) is 7.59. The Hall–Kier alpha value is -1.16. The third kappa shape index (κ3) is 4.82. The molecule has 1 aliphatic rings. The molecule has 0 N–H and O–H groups in total. The highest BCUT2D eigenvalue weighted by Gasteiger charge is 2.26. The lowest BCUT2D eigenvalue weighted by molar-refractivity contribution is -0.129. The van der Waals surface area contributed by atoms with Crippen LogP contribution >= 0.6 is 66.1 Å². The molecule has 0 saturated carbocycles. The van der Waals surface area contributed by atoms with Crippen molar-refractivity contribution >= 4 is 84.0 Å². The maximum atomic E-state index is 12.2. The molecule has 2 aromatic rings. The molecule has 0 atom stereocenters. The number of hydrogen-bond acceptors (Lipinski definition) is 4. The van der Waals surface area contributed by atoms with Crippen LogP contribution < -0.4 is 4.74 Å². The number of hydrogen-bond donors (Lipinski definition) is 0. The van der Waals surface area contributed by atoms with Crippen molar-refractivity contribution in [2.45, 2.75) is 0 Å². The fourth-order valence-electron chi connectivity index (χ4n) is 2.29. The van der Waals surface area contributed by atoms with Gasteiger partial charge < -0.3 is 9.47 Å². The van der Waals surface area contributed by atoms with Gasteiger partial charge in [0.15, 0.2) is 5.70 Å². The van der Waals surface area contributed by atoms with Crippen LogP contribution in [0, 0.1) is 3.57 Å².